The summed E-state index contributed by atoms with van der Waals surface area (Å²) < 4.78 is 1.54. The fourth-order valence-corrected chi connectivity index (χ4v) is 2.96. The van der Waals surface area contributed by atoms with Gasteiger partial charge in [-0.1, -0.05) is 53.5 Å². The zero-order chi connectivity index (χ0) is 17.3. The number of carbonyl (C=O) groups is 1. The molecule has 6 heteroatoms. The van der Waals surface area contributed by atoms with Crippen molar-refractivity contribution in [3.8, 4) is 11.8 Å². The van der Waals surface area contributed by atoms with Crippen molar-refractivity contribution < 1.29 is 4.79 Å². The number of carbonyl (C=O) groups excluding carboxylic acids is 1. The van der Waals surface area contributed by atoms with Gasteiger partial charge in [0.1, 0.15) is 11.8 Å². The third kappa shape index (κ3) is 2.88. The number of halogens is 2. The van der Waals surface area contributed by atoms with Crippen LogP contribution in [0.2, 0.25) is 10.0 Å². The minimum absolute atomic E-state index is 0.127. The highest BCUT2D eigenvalue weighted by atomic mass is 35.5. The summed E-state index contributed by atoms with van der Waals surface area (Å²) in [6, 6.07) is 15.6. The maximum Gasteiger partial charge on any atom is 0.211 e. The Morgan fingerprint density at radius 3 is 2.29 bits per heavy atom. The number of rotatable bonds is 3. The molecule has 1 aromatic heterocycles. The highest BCUT2D eigenvalue weighted by Gasteiger charge is 2.22. The lowest BCUT2D eigenvalue weighted by Gasteiger charge is -2.10. The molecule has 0 saturated carbocycles. The lowest BCUT2D eigenvalue weighted by molar-refractivity contribution is 0.103. The molecule has 0 atom stereocenters. The van der Waals surface area contributed by atoms with E-state index in [1.807, 2.05) is 12.1 Å². The van der Waals surface area contributed by atoms with Crippen LogP contribution in [-0.2, 0) is 0 Å². The number of nitrogens with two attached hydrogens (primary N) is 1. The average molecular weight is 356 g/mol. The van der Waals surface area contributed by atoms with Gasteiger partial charge < -0.3 is 10.3 Å². The molecule has 0 fully saturated rings. The number of nitriles is 1. The van der Waals surface area contributed by atoms with E-state index < -0.39 is 0 Å². The first-order valence-electron chi connectivity index (χ1n) is 6.98. The van der Waals surface area contributed by atoms with Crippen molar-refractivity contribution in [3.63, 3.8) is 0 Å². The van der Waals surface area contributed by atoms with Gasteiger partial charge in [-0.05, 0) is 18.2 Å². The van der Waals surface area contributed by atoms with Crippen molar-refractivity contribution in [2.45, 2.75) is 0 Å². The van der Waals surface area contributed by atoms with Crippen LogP contribution in [0.5, 0.6) is 0 Å². The topological polar surface area (TPSA) is 71.8 Å². The largest absolute Gasteiger partial charge is 0.396 e. The van der Waals surface area contributed by atoms with E-state index in [0.717, 1.165) is 0 Å². The number of aromatic nitrogens is 1. The van der Waals surface area contributed by atoms with Crippen LogP contribution in [0.1, 0.15) is 21.6 Å². The number of nitrogen functional groups attached to an aromatic ring is 1. The summed E-state index contributed by atoms with van der Waals surface area (Å²) in [4.78, 5) is 12.9. The Kier molecular flexibility index (Phi) is 4.30. The molecule has 0 amide bonds. The van der Waals surface area contributed by atoms with Gasteiger partial charge >= 0.3 is 0 Å². The predicted octanol–water partition coefficient (Wildman–Crippen LogP) is 4.47. The van der Waals surface area contributed by atoms with E-state index in [1.54, 1.807) is 47.0 Å². The number of hydrogen-bond donors (Lipinski definition) is 1. The Labute approximate surface area is 148 Å². The second-order valence-corrected chi connectivity index (χ2v) is 5.98. The molecule has 0 aliphatic heterocycles. The number of ketones is 1. The van der Waals surface area contributed by atoms with Crippen molar-refractivity contribution in [3.05, 3.63) is 81.6 Å². The Bertz CT molecular complexity index is 952. The lowest BCUT2D eigenvalue weighted by Crippen LogP contribution is -2.10. The minimum Gasteiger partial charge on any atom is -0.396 e. The first kappa shape index (κ1) is 16.1. The molecule has 3 aromatic rings. The van der Waals surface area contributed by atoms with Gasteiger partial charge in [0.15, 0.2) is 0 Å². The van der Waals surface area contributed by atoms with E-state index in [2.05, 4.69) is 0 Å². The molecule has 4 nitrogen and oxygen atoms in total. The second-order valence-electron chi connectivity index (χ2n) is 5.11. The Balaban J connectivity index is 2.24. The molecule has 0 aliphatic rings. The molecule has 0 radical (unpaired) electrons. The Hall–Kier alpha value is -2.74. The zero-order valence-electron chi connectivity index (χ0n) is 12.3. The third-order valence-electron chi connectivity index (χ3n) is 3.54. The standard InChI is InChI=1S/C18H11Cl2N3O/c19-13-6-14(20)8-15(7-13)23-10-12(9-21)16(22)17(23)18(24)11-4-2-1-3-5-11/h1-8,10H,22H2. The van der Waals surface area contributed by atoms with Crippen molar-refractivity contribution >= 4 is 34.7 Å². The van der Waals surface area contributed by atoms with E-state index in [-0.39, 0.29) is 22.7 Å². The van der Waals surface area contributed by atoms with E-state index in [1.165, 1.54) is 6.20 Å². The summed E-state index contributed by atoms with van der Waals surface area (Å²) in [7, 11) is 0. The summed E-state index contributed by atoms with van der Waals surface area (Å²) in [5.41, 5.74) is 7.61. The minimum atomic E-state index is -0.286. The van der Waals surface area contributed by atoms with E-state index >= 15 is 0 Å². The molecule has 0 bridgehead atoms. The highest BCUT2D eigenvalue weighted by Crippen LogP contribution is 2.29. The van der Waals surface area contributed by atoms with Gasteiger partial charge in [-0.25, -0.2) is 0 Å². The van der Waals surface area contributed by atoms with Crippen LogP contribution >= 0.6 is 23.2 Å². The van der Waals surface area contributed by atoms with Gasteiger partial charge in [0.25, 0.3) is 0 Å². The van der Waals surface area contributed by atoms with Gasteiger partial charge in [-0.3, -0.25) is 4.79 Å². The maximum atomic E-state index is 12.9. The van der Waals surface area contributed by atoms with Gasteiger partial charge in [0, 0.05) is 27.5 Å². The van der Waals surface area contributed by atoms with Gasteiger partial charge in [-0.15, -0.1) is 0 Å². The smallest absolute Gasteiger partial charge is 0.211 e. The van der Waals surface area contributed by atoms with Crippen LogP contribution in [0.4, 0.5) is 5.69 Å². The van der Waals surface area contributed by atoms with Gasteiger partial charge in [0.05, 0.1) is 11.3 Å². The summed E-state index contributed by atoms with van der Waals surface area (Å²) in [6.07, 6.45) is 1.51. The highest BCUT2D eigenvalue weighted by molar-refractivity contribution is 6.34. The maximum absolute atomic E-state index is 12.9. The van der Waals surface area contributed by atoms with Crippen molar-refractivity contribution in [1.82, 2.24) is 4.57 Å². The number of anilines is 1. The van der Waals surface area contributed by atoms with Crippen molar-refractivity contribution in [2.75, 3.05) is 5.73 Å². The summed E-state index contributed by atoms with van der Waals surface area (Å²) >= 11 is 12.1. The zero-order valence-corrected chi connectivity index (χ0v) is 13.8. The van der Waals surface area contributed by atoms with Gasteiger partial charge in [-0.2, -0.15) is 5.26 Å². The van der Waals surface area contributed by atoms with Crippen LogP contribution in [0.25, 0.3) is 5.69 Å². The normalized spacial score (nSPS) is 10.4. The molecule has 1 heterocycles. The Morgan fingerprint density at radius 2 is 1.71 bits per heavy atom. The predicted molar refractivity (Wildman–Crippen MR) is 94.8 cm³/mol. The Morgan fingerprint density at radius 1 is 1.08 bits per heavy atom. The first-order chi connectivity index (χ1) is 11.5. The molecule has 0 unspecified atom stereocenters. The monoisotopic (exact) mass is 355 g/mol. The molecule has 0 aliphatic carbocycles. The fraction of sp³-hybridized carbons (Fsp3) is 0. The van der Waals surface area contributed by atoms with Crippen molar-refractivity contribution in [2.24, 2.45) is 0 Å². The van der Waals surface area contributed by atoms with E-state index in [9.17, 15) is 10.1 Å². The molecular formula is C18H11Cl2N3O. The quantitative estimate of drug-likeness (QED) is 0.704. The molecule has 0 spiro atoms. The second kappa shape index (κ2) is 6.40. The molecular weight excluding hydrogens is 345 g/mol. The summed E-state index contributed by atoms with van der Waals surface area (Å²) in [5, 5.41) is 10.1. The number of hydrogen-bond acceptors (Lipinski definition) is 3. The van der Waals surface area contributed by atoms with Crippen LogP contribution in [0.3, 0.4) is 0 Å². The van der Waals surface area contributed by atoms with Crippen molar-refractivity contribution in [1.29, 1.82) is 5.26 Å². The summed E-state index contributed by atoms with van der Waals surface area (Å²) in [6.45, 7) is 0. The SMILES string of the molecule is N#Cc1cn(-c2cc(Cl)cc(Cl)c2)c(C(=O)c2ccccc2)c1N. The molecule has 118 valence electrons. The molecule has 2 N–H and O–H groups in total. The van der Waals surface area contributed by atoms with E-state index in [0.29, 0.717) is 21.3 Å². The van der Waals surface area contributed by atoms with Crippen LogP contribution < -0.4 is 5.73 Å². The first-order valence-corrected chi connectivity index (χ1v) is 7.74. The molecule has 2 aromatic carbocycles. The van der Waals surface area contributed by atoms with Crippen LogP contribution in [0.15, 0.2) is 54.7 Å². The number of benzene rings is 2. The summed E-state index contributed by atoms with van der Waals surface area (Å²) in [5.74, 6) is -0.286. The lowest BCUT2D eigenvalue weighted by atomic mass is 10.1. The number of nitrogens with zero attached hydrogens (tertiary/aromatic N) is 2. The third-order valence-corrected chi connectivity index (χ3v) is 3.98. The molecule has 0 saturated heterocycles. The van der Waals surface area contributed by atoms with Gasteiger partial charge in [0.2, 0.25) is 5.78 Å². The molecule has 3 rings (SSSR count). The van der Waals surface area contributed by atoms with Crippen LogP contribution in [-0.4, -0.2) is 10.4 Å². The fourth-order valence-electron chi connectivity index (χ4n) is 2.45. The molecule has 24 heavy (non-hydrogen) atoms. The van der Waals surface area contributed by atoms with E-state index in [4.69, 9.17) is 28.9 Å². The average Bonchev–Trinajstić information content (AvgIpc) is 2.90. The van der Waals surface area contributed by atoms with Crippen LogP contribution in [0, 0.1) is 11.3 Å².